The SMILES string of the molecule is CNC(=O)C(=O)CCCCCCNC(=O)c1cccc(Br)c1. The molecular formula is C16H21BrN2O3. The number of carbonyl (C=O) groups excluding carboxylic acids is 3. The molecule has 0 aliphatic carbocycles. The van der Waals surface area contributed by atoms with Crippen LogP contribution in [0, 0.1) is 0 Å². The number of Topliss-reactive ketones (excluding diaryl/α,β-unsaturated/α-hetero) is 1. The van der Waals surface area contributed by atoms with Crippen molar-refractivity contribution in [2.24, 2.45) is 0 Å². The van der Waals surface area contributed by atoms with Crippen LogP contribution in [-0.2, 0) is 9.59 Å². The Morgan fingerprint density at radius 2 is 1.82 bits per heavy atom. The van der Waals surface area contributed by atoms with Crippen molar-refractivity contribution >= 4 is 33.5 Å². The van der Waals surface area contributed by atoms with Gasteiger partial charge in [-0.2, -0.15) is 0 Å². The van der Waals surface area contributed by atoms with E-state index in [9.17, 15) is 14.4 Å². The lowest BCUT2D eigenvalue weighted by molar-refractivity contribution is -0.137. The second kappa shape index (κ2) is 10.1. The van der Waals surface area contributed by atoms with Gasteiger partial charge in [0.25, 0.3) is 11.8 Å². The highest BCUT2D eigenvalue weighted by molar-refractivity contribution is 9.10. The number of rotatable bonds is 9. The Balaban J connectivity index is 2.10. The molecule has 0 atom stereocenters. The van der Waals surface area contributed by atoms with Gasteiger partial charge in [-0.15, -0.1) is 0 Å². The number of likely N-dealkylation sites (N-methyl/N-ethyl adjacent to an activating group) is 1. The minimum Gasteiger partial charge on any atom is -0.353 e. The Morgan fingerprint density at radius 3 is 2.50 bits per heavy atom. The molecule has 0 saturated carbocycles. The highest BCUT2D eigenvalue weighted by Crippen LogP contribution is 2.11. The maximum atomic E-state index is 11.9. The predicted molar refractivity (Wildman–Crippen MR) is 88.6 cm³/mol. The van der Waals surface area contributed by atoms with Gasteiger partial charge in [0.1, 0.15) is 0 Å². The average Bonchev–Trinajstić information content (AvgIpc) is 2.52. The molecule has 0 aromatic heterocycles. The monoisotopic (exact) mass is 368 g/mol. The third kappa shape index (κ3) is 6.85. The highest BCUT2D eigenvalue weighted by Gasteiger charge is 2.10. The molecule has 2 N–H and O–H groups in total. The first kappa shape index (κ1) is 18.4. The van der Waals surface area contributed by atoms with Gasteiger partial charge in [-0.05, 0) is 31.0 Å². The summed E-state index contributed by atoms with van der Waals surface area (Å²) in [6.45, 7) is 0.606. The first-order valence-electron chi connectivity index (χ1n) is 7.33. The molecule has 1 aromatic rings. The summed E-state index contributed by atoms with van der Waals surface area (Å²) in [6, 6.07) is 7.24. The Morgan fingerprint density at radius 1 is 1.09 bits per heavy atom. The van der Waals surface area contributed by atoms with Gasteiger partial charge in [-0.3, -0.25) is 14.4 Å². The first-order chi connectivity index (χ1) is 10.5. The lowest BCUT2D eigenvalue weighted by Gasteiger charge is -2.05. The van der Waals surface area contributed by atoms with Crippen LogP contribution in [0.25, 0.3) is 0 Å². The fraction of sp³-hybridized carbons (Fsp3) is 0.438. The van der Waals surface area contributed by atoms with Crippen molar-refractivity contribution in [1.82, 2.24) is 10.6 Å². The summed E-state index contributed by atoms with van der Waals surface area (Å²) >= 11 is 3.33. The van der Waals surface area contributed by atoms with Crippen LogP contribution in [0.5, 0.6) is 0 Å². The molecule has 1 rings (SSSR count). The smallest absolute Gasteiger partial charge is 0.287 e. The van der Waals surface area contributed by atoms with Gasteiger partial charge in [-0.1, -0.05) is 34.8 Å². The summed E-state index contributed by atoms with van der Waals surface area (Å²) in [6.07, 6.45) is 3.62. The Hall–Kier alpha value is -1.69. The van der Waals surface area contributed by atoms with E-state index in [-0.39, 0.29) is 18.1 Å². The lowest BCUT2D eigenvalue weighted by Crippen LogP contribution is -2.27. The van der Waals surface area contributed by atoms with Gasteiger partial charge in [0.05, 0.1) is 0 Å². The van der Waals surface area contributed by atoms with E-state index in [0.29, 0.717) is 18.5 Å². The molecular weight excluding hydrogens is 348 g/mol. The summed E-state index contributed by atoms with van der Waals surface area (Å²) in [5.41, 5.74) is 0.630. The number of ketones is 1. The van der Waals surface area contributed by atoms with Crippen molar-refractivity contribution in [3.63, 3.8) is 0 Å². The molecule has 2 amide bonds. The zero-order chi connectivity index (χ0) is 16.4. The topological polar surface area (TPSA) is 75.3 Å². The van der Waals surface area contributed by atoms with E-state index in [2.05, 4.69) is 26.6 Å². The van der Waals surface area contributed by atoms with Crippen molar-refractivity contribution in [2.45, 2.75) is 32.1 Å². The van der Waals surface area contributed by atoms with E-state index in [1.165, 1.54) is 7.05 Å². The van der Waals surface area contributed by atoms with Crippen molar-refractivity contribution in [3.8, 4) is 0 Å². The van der Waals surface area contributed by atoms with Gasteiger partial charge in [0.2, 0.25) is 5.78 Å². The molecule has 120 valence electrons. The third-order valence-corrected chi connectivity index (χ3v) is 3.68. The molecule has 0 aliphatic heterocycles. The van der Waals surface area contributed by atoms with E-state index in [4.69, 9.17) is 0 Å². The fourth-order valence-corrected chi connectivity index (χ4v) is 2.35. The number of halogens is 1. The van der Waals surface area contributed by atoms with Crippen molar-refractivity contribution < 1.29 is 14.4 Å². The minimum absolute atomic E-state index is 0.0869. The number of nitrogens with one attached hydrogen (secondary N) is 2. The standard InChI is InChI=1S/C16H21BrN2O3/c1-18-16(22)14(20)9-4-2-3-5-10-19-15(21)12-7-6-8-13(17)11-12/h6-8,11H,2-5,9-10H2,1H3,(H,18,22)(H,19,21). The maximum Gasteiger partial charge on any atom is 0.287 e. The first-order valence-corrected chi connectivity index (χ1v) is 8.12. The summed E-state index contributed by atoms with van der Waals surface area (Å²) in [5, 5.41) is 5.18. The molecule has 0 spiro atoms. The van der Waals surface area contributed by atoms with Crippen LogP contribution >= 0.6 is 15.9 Å². The molecule has 0 fully saturated rings. The molecule has 1 aromatic carbocycles. The molecule has 0 bridgehead atoms. The van der Waals surface area contributed by atoms with Gasteiger partial charge in [0, 0.05) is 30.0 Å². The molecule has 22 heavy (non-hydrogen) atoms. The van der Waals surface area contributed by atoms with Gasteiger partial charge < -0.3 is 10.6 Å². The number of amides is 2. The van der Waals surface area contributed by atoms with Crippen LogP contribution < -0.4 is 10.6 Å². The van der Waals surface area contributed by atoms with Crippen LogP contribution in [0.15, 0.2) is 28.7 Å². The Bertz CT molecular complexity index is 532. The molecule has 0 heterocycles. The van der Waals surface area contributed by atoms with Crippen molar-refractivity contribution in [3.05, 3.63) is 34.3 Å². The summed E-state index contributed by atoms with van der Waals surface area (Å²) in [4.78, 5) is 34.1. The summed E-state index contributed by atoms with van der Waals surface area (Å²) < 4.78 is 0.876. The van der Waals surface area contributed by atoms with Gasteiger partial charge >= 0.3 is 0 Å². The van der Waals surface area contributed by atoms with Gasteiger partial charge in [-0.25, -0.2) is 0 Å². The van der Waals surface area contributed by atoms with Crippen LogP contribution in [-0.4, -0.2) is 31.2 Å². The Labute approximate surface area is 139 Å². The van der Waals surface area contributed by atoms with Crippen LogP contribution in [0.3, 0.4) is 0 Å². The average molecular weight is 369 g/mol. The molecule has 6 heteroatoms. The zero-order valence-corrected chi connectivity index (χ0v) is 14.2. The molecule has 0 saturated heterocycles. The van der Waals surface area contributed by atoms with Crippen LogP contribution in [0.1, 0.15) is 42.5 Å². The summed E-state index contributed by atoms with van der Waals surface area (Å²) in [5.74, 6) is -0.983. The largest absolute Gasteiger partial charge is 0.353 e. The number of unbranched alkanes of at least 4 members (excludes halogenated alkanes) is 3. The van der Waals surface area contributed by atoms with E-state index in [1.807, 2.05) is 12.1 Å². The molecule has 0 radical (unpaired) electrons. The van der Waals surface area contributed by atoms with E-state index in [1.54, 1.807) is 12.1 Å². The van der Waals surface area contributed by atoms with Crippen molar-refractivity contribution in [1.29, 1.82) is 0 Å². The lowest BCUT2D eigenvalue weighted by atomic mass is 10.1. The zero-order valence-electron chi connectivity index (χ0n) is 12.7. The quantitative estimate of drug-likeness (QED) is 0.519. The van der Waals surface area contributed by atoms with E-state index >= 15 is 0 Å². The third-order valence-electron chi connectivity index (χ3n) is 3.18. The van der Waals surface area contributed by atoms with Crippen LogP contribution in [0.4, 0.5) is 0 Å². The highest BCUT2D eigenvalue weighted by atomic mass is 79.9. The summed E-state index contributed by atoms with van der Waals surface area (Å²) in [7, 11) is 1.45. The van der Waals surface area contributed by atoms with E-state index < -0.39 is 5.91 Å². The van der Waals surface area contributed by atoms with Crippen molar-refractivity contribution in [2.75, 3.05) is 13.6 Å². The Kier molecular flexibility index (Phi) is 8.43. The molecule has 0 unspecified atom stereocenters. The maximum absolute atomic E-state index is 11.9. The minimum atomic E-state index is -0.527. The normalized spacial score (nSPS) is 10.1. The van der Waals surface area contributed by atoms with Gasteiger partial charge in [0.15, 0.2) is 0 Å². The van der Waals surface area contributed by atoms with Crippen LogP contribution in [0.2, 0.25) is 0 Å². The molecule has 0 aliphatic rings. The fourth-order valence-electron chi connectivity index (χ4n) is 1.95. The predicted octanol–water partition coefficient (Wildman–Crippen LogP) is 2.44. The van der Waals surface area contributed by atoms with E-state index in [0.717, 1.165) is 23.7 Å². The second-order valence-corrected chi connectivity index (χ2v) is 5.85. The second-order valence-electron chi connectivity index (χ2n) is 4.93. The number of hydrogen-bond donors (Lipinski definition) is 2. The molecule has 5 nitrogen and oxygen atoms in total. The number of carbonyl (C=O) groups is 3. The number of hydrogen-bond acceptors (Lipinski definition) is 3. The number of benzene rings is 1.